The Kier molecular flexibility index (Phi) is 7.66. The number of ether oxygens (including phenoxy) is 3. The van der Waals surface area contributed by atoms with E-state index in [1.165, 1.54) is 4.09 Å². The van der Waals surface area contributed by atoms with E-state index in [4.69, 9.17) is 14.2 Å². The molecule has 0 saturated carbocycles. The summed E-state index contributed by atoms with van der Waals surface area (Å²) in [6, 6.07) is 15.2. The number of benzene rings is 3. The second kappa shape index (κ2) is 10.7. The molecule has 0 N–H and O–H groups in total. The zero-order valence-corrected chi connectivity index (χ0v) is 22.2. The topological polar surface area (TPSA) is 79.7 Å². The van der Waals surface area contributed by atoms with Gasteiger partial charge < -0.3 is 14.2 Å². The minimum atomic E-state index is -3.91. The molecule has 0 aliphatic rings. The lowest BCUT2D eigenvalue weighted by atomic mass is 10.0. The molecule has 4 rings (SSSR count). The van der Waals surface area contributed by atoms with Crippen LogP contribution in [-0.2, 0) is 34.0 Å². The van der Waals surface area contributed by atoms with E-state index in [1.54, 1.807) is 20.4 Å². The Labute approximate surface area is 212 Å². The molecule has 8 heteroatoms. The van der Waals surface area contributed by atoms with Gasteiger partial charge in [0.2, 0.25) is 0 Å². The summed E-state index contributed by atoms with van der Waals surface area (Å²) in [6.07, 6.45) is 3.69. The van der Waals surface area contributed by atoms with Crippen molar-refractivity contribution in [2.45, 2.75) is 44.9 Å². The number of hydrogen-bond donors (Lipinski definition) is 0. The van der Waals surface area contributed by atoms with Crippen LogP contribution in [0, 0.1) is 0 Å². The molecule has 1 aromatic heterocycles. The van der Waals surface area contributed by atoms with Gasteiger partial charge in [0, 0.05) is 12.5 Å². The fourth-order valence-electron chi connectivity index (χ4n) is 4.43. The van der Waals surface area contributed by atoms with Crippen molar-refractivity contribution in [3.63, 3.8) is 0 Å². The monoisotopic (exact) mass is 508 g/mol. The zero-order chi connectivity index (χ0) is 25.9. The molecule has 0 unspecified atom stereocenters. The molecule has 0 aliphatic carbocycles. The van der Waals surface area contributed by atoms with E-state index in [9.17, 15) is 8.42 Å². The maximum atomic E-state index is 14.0. The SMILES string of the molecule is CCc1cc(CC)c(S(=O)(=O)n2ncc3ccc(-c4ccc(OCOC)c(OC)c4)cc32)c(CC)c1. The number of rotatable bonds is 10. The van der Waals surface area contributed by atoms with E-state index in [1.807, 2.05) is 62.4 Å². The van der Waals surface area contributed by atoms with Gasteiger partial charge in [0.05, 0.1) is 23.7 Å². The predicted octanol–water partition coefficient (Wildman–Crippen LogP) is 5.62. The minimum Gasteiger partial charge on any atom is -0.493 e. The summed E-state index contributed by atoms with van der Waals surface area (Å²) in [5, 5.41) is 5.07. The van der Waals surface area contributed by atoms with Crippen LogP contribution in [0.4, 0.5) is 0 Å². The highest BCUT2D eigenvalue weighted by atomic mass is 32.2. The van der Waals surface area contributed by atoms with Crippen LogP contribution >= 0.6 is 0 Å². The quantitative estimate of drug-likeness (QED) is 0.259. The molecule has 3 aromatic carbocycles. The number of nitrogens with zero attached hydrogens (tertiary/aromatic N) is 2. The van der Waals surface area contributed by atoms with Crippen molar-refractivity contribution in [2.75, 3.05) is 21.0 Å². The molecule has 0 amide bonds. The third kappa shape index (κ3) is 4.70. The van der Waals surface area contributed by atoms with Gasteiger partial charge in [-0.3, -0.25) is 0 Å². The van der Waals surface area contributed by atoms with Gasteiger partial charge in [-0.2, -0.15) is 17.6 Å². The number of hydrogen-bond acceptors (Lipinski definition) is 6. The third-order valence-electron chi connectivity index (χ3n) is 6.33. The van der Waals surface area contributed by atoms with Crippen LogP contribution in [0.3, 0.4) is 0 Å². The molecule has 4 aromatic rings. The summed E-state index contributed by atoms with van der Waals surface area (Å²) in [6.45, 7) is 6.16. The first-order valence-corrected chi connectivity index (χ1v) is 13.5. The Balaban J connectivity index is 1.84. The molecule has 0 radical (unpaired) electrons. The van der Waals surface area contributed by atoms with Crippen LogP contribution in [0.1, 0.15) is 37.5 Å². The van der Waals surface area contributed by atoms with Gasteiger partial charge in [0.1, 0.15) is 0 Å². The van der Waals surface area contributed by atoms with Gasteiger partial charge in [-0.05, 0) is 65.3 Å². The fraction of sp³-hybridized carbons (Fsp3) is 0.321. The molecular weight excluding hydrogens is 476 g/mol. The maximum absolute atomic E-state index is 14.0. The van der Waals surface area contributed by atoms with Crippen molar-refractivity contribution in [3.8, 4) is 22.6 Å². The van der Waals surface area contributed by atoms with Gasteiger partial charge in [-0.1, -0.05) is 51.1 Å². The van der Waals surface area contributed by atoms with E-state index in [2.05, 4.69) is 12.0 Å². The first-order valence-electron chi connectivity index (χ1n) is 12.1. The van der Waals surface area contributed by atoms with E-state index in [0.717, 1.165) is 39.6 Å². The smallest absolute Gasteiger partial charge is 0.284 e. The van der Waals surface area contributed by atoms with Crippen molar-refractivity contribution in [1.82, 2.24) is 9.19 Å². The highest BCUT2D eigenvalue weighted by Crippen LogP contribution is 2.35. The zero-order valence-electron chi connectivity index (χ0n) is 21.4. The van der Waals surface area contributed by atoms with Crippen LogP contribution in [0.15, 0.2) is 59.6 Å². The third-order valence-corrected chi connectivity index (χ3v) is 8.11. The standard InChI is InChI=1S/C28H32N2O5S/c1-6-19-13-20(7-2)28(21(8-3)14-19)36(31,32)30-25-15-22(9-10-24(25)17-29-30)23-11-12-26(35-18-33-4)27(16-23)34-5/h9-17H,6-8,18H2,1-5H3. The fourth-order valence-corrected chi connectivity index (χ4v) is 6.26. The summed E-state index contributed by atoms with van der Waals surface area (Å²) in [5.41, 5.74) is 5.00. The summed E-state index contributed by atoms with van der Waals surface area (Å²) in [5.74, 6) is 1.12. The highest BCUT2D eigenvalue weighted by Gasteiger charge is 2.27. The van der Waals surface area contributed by atoms with Crippen LogP contribution in [0.2, 0.25) is 0 Å². The molecule has 0 aliphatic heterocycles. The van der Waals surface area contributed by atoms with Gasteiger partial charge in [-0.25, -0.2) is 0 Å². The first kappa shape index (κ1) is 25.7. The Hall–Kier alpha value is -3.36. The van der Waals surface area contributed by atoms with Gasteiger partial charge in [0.15, 0.2) is 18.3 Å². The van der Waals surface area contributed by atoms with E-state index >= 15 is 0 Å². The van der Waals surface area contributed by atoms with Crippen molar-refractivity contribution in [2.24, 2.45) is 0 Å². The summed E-state index contributed by atoms with van der Waals surface area (Å²) < 4.78 is 45.2. The Morgan fingerprint density at radius 3 is 2.11 bits per heavy atom. The second-order valence-electron chi connectivity index (χ2n) is 8.49. The molecule has 7 nitrogen and oxygen atoms in total. The molecule has 0 saturated heterocycles. The molecule has 36 heavy (non-hydrogen) atoms. The summed E-state index contributed by atoms with van der Waals surface area (Å²) in [4.78, 5) is 0.362. The van der Waals surface area contributed by atoms with Crippen LogP contribution < -0.4 is 9.47 Å². The van der Waals surface area contributed by atoms with E-state index in [-0.39, 0.29) is 6.79 Å². The molecule has 0 fully saturated rings. The lowest BCUT2D eigenvalue weighted by Gasteiger charge is -2.16. The predicted molar refractivity (Wildman–Crippen MR) is 141 cm³/mol. The van der Waals surface area contributed by atoms with Gasteiger partial charge in [-0.15, -0.1) is 0 Å². The number of aryl methyl sites for hydroxylation is 3. The van der Waals surface area contributed by atoms with Crippen LogP contribution in [0.25, 0.3) is 22.0 Å². The second-order valence-corrected chi connectivity index (χ2v) is 10.2. The van der Waals surface area contributed by atoms with Gasteiger partial charge >= 0.3 is 0 Å². The largest absolute Gasteiger partial charge is 0.493 e. The number of fused-ring (bicyclic) bond motifs is 1. The number of aromatic nitrogens is 2. The molecule has 0 bridgehead atoms. The average Bonchev–Trinajstić information content (AvgIpc) is 3.35. The summed E-state index contributed by atoms with van der Waals surface area (Å²) in [7, 11) is -0.787. The molecule has 1 heterocycles. The van der Waals surface area contributed by atoms with Crippen LogP contribution in [-0.4, -0.2) is 38.6 Å². The number of methoxy groups -OCH3 is 2. The highest BCUT2D eigenvalue weighted by molar-refractivity contribution is 7.90. The van der Waals surface area contributed by atoms with E-state index < -0.39 is 10.0 Å². The van der Waals surface area contributed by atoms with E-state index in [0.29, 0.717) is 34.8 Å². The Morgan fingerprint density at radius 2 is 1.50 bits per heavy atom. The molecule has 0 atom stereocenters. The van der Waals surface area contributed by atoms with Crippen molar-refractivity contribution < 1.29 is 22.6 Å². The normalized spacial score (nSPS) is 11.7. The lowest BCUT2D eigenvalue weighted by molar-refractivity contribution is 0.0492. The Morgan fingerprint density at radius 1 is 0.833 bits per heavy atom. The van der Waals surface area contributed by atoms with Crippen molar-refractivity contribution in [1.29, 1.82) is 0 Å². The molecule has 0 spiro atoms. The lowest BCUT2D eigenvalue weighted by Crippen LogP contribution is -2.18. The Bertz CT molecular complexity index is 1470. The van der Waals surface area contributed by atoms with Crippen LogP contribution in [0.5, 0.6) is 11.5 Å². The first-order chi connectivity index (χ1) is 17.4. The average molecular weight is 509 g/mol. The van der Waals surface area contributed by atoms with Crippen molar-refractivity contribution >= 4 is 20.9 Å². The minimum absolute atomic E-state index is 0.109. The van der Waals surface area contributed by atoms with Crippen molar-refractivity contribution in [3.05, 3.63) is 71.4 Å². The molecule has 190 valence electrons. The maximum Gasteiger partial charge on any atom is 0.284 e. The molecular formula is C28H32N2O5S. The summed E-state index contributed by atoms with van der Waals surface area (Å²) >= 11 is 0. The van der Waals surface area contributed by atoms with Gasteiger partial charge in [0.25, 0.3) is 10.0 Å².